The van der Waals surface area contributed by atoms with Gasteiger partial charge in [0.2, 0.25) is 5.91 Å². The minimum Gasteiger partial charge on any atom is -0.385 e. The molecular weight excluding hydrogens is 273 g/mol. The highest BCUT2D eigenvalue weighted by atomic mass is 19.4. The lowest BCUT2D eigenvalue weighted by Crippen LogP contribution is -2.29. The van der Waals surface area contributed by atoms with Crippen LogP contribution in [0.4, 0.5) is 18.9 Å². The van der Waals surface area contributed by atoms with Crippen LogP contribution in [-0.2, 0) is 15.7 Å². The van der Waals surface area contributed by atoms with Gasteiger partial charge in [-0.2, -0.15) is 13.2 Å². The van der Waals surface area contributed by atoms with Gasteiger partial charge in [-0.3, -0.25) is 4.79 Å². The zero-order valence-electron chi connectivity index (χ0n) is 11.1. The molecular formula is C13H17F3N2O2. The van der Waals surface area contributed by atoms with E-state index in [4.69, 9.17) is 4.74 Å². The maximum absolute atomic E-state index is 12.3. The number of amides is 1. The predicted molar refractivity (Wildman–Crippen MR) is 69.4 cm³/mol. The van der Waals surface area contributed by atoms with Gasteiger partial charge in [0.25, 0.3) is 0 Å². The molecule has 0 bridgehead atoms. The molecule has 0 aliphatic rings. The summed E-state index contributed by atoms with van der Waals surface area (Å²) >= 11 is 0. The Balaban J connectivity index is 2.35. The molecule has 1 aromatic carbocycles. The van der Waals surface area contributed by atoms with Crippen molar-refractivity contribution in [1.82, 2.24) is 5.32 Å². The van der Waals surface area contributed by atoms with Crippen LogP contribution in [0.3, 0.4) is 0 Å². The van der Waals surface area contributed by atoms with Crippen LogP contribution in [0.2, 0.25) is 0 Å². The monoisotopic (exact) mass is 290 g/mol. The minimum absolute atomic E-state index is 0.102. The molecule has 0 saturated carbocycles. The summed E-state index contributed by atoms with van der Waals surface area (Å²) < 4.78 is 41.9. The summed E-state index contributed by atoms with van der Waals surface area (Å²) in [6.45, 7) is 1.34. The Morgan fingerprint density at radius 1 is 1.25 bits per heavy atom. The van der Waals surface area contributed by atoms with Gasteiger partial charge in [0, 0.05) is 19.4 Å². The standard InChI is InChI=1S/C13H17F3N2O2/c1-20-8-2-7-17-9-12(19)18-11-5-3-10(4-6-11)13(14,15)16/h3-6,17H,2,7-9H2,1H3,(H,18,19). The van der Waals surface area contributed by atoms with Crippen molar-refractivity contribution >= 4 is 11.6 Å². The van der Waals surface area contributed by atoms with Gasteiger partial charge in [-0.1, -0.05) is 0 Å². The van der Waals surface area contributed by atoms with E-state index in [2.05, 4.69) is 10.6 Å². The molecule has 0 aromatic heterocycles. The van der Waals surface area contributed by atoms with Gasteiger partial charge >= 0.3 is 6.18 Å². The lowest BCUT2D eigenvalue weighted by molar-refractivity contribution is -0.137. The van der Waals surface area contributed by atoms with Gasteiger partial charge < -0.3 is 15.4 Å². The molecule has 1 amide bonds. The average Bonchev–Trinajstić information content (AvgIpc) is 2.38. The number of carbonyl (C=O) groups is 1. The van der Waals surface area contributed by atoms with Gasteiger partial charge in [-0.05, 0) is 37.2 Å². The molecule has 0 aliphatic carbocycles. The van der Waals surface area contributed by atoms with Crippen LogP contribution in [0.1, 0.15) is 12.0 Å². The summed E-state index contributed by atoms with van der Waals surface area (Å²) in [7, 11) is 1.59. The number of rotatable bonds is 7. The lowest BCUT2D eigenvalue weighted by Gasteiger charge is -2.09. The number of ether oxygens (including phenoxy) is 1. The number of benzene rings is 1. The van der Waals surface area contributed by atoms with Gasteiger partial charge in [0.05, 0.1) is 12.1 Å². The normalized spacial score (nSPS) is 11.4. The first-order valence-electron chi connectivity index (χ1n) is 6.10. The molecule has 2 N–H and O–H groups in total. The van der Waals surface area contributed by atoms with Crippen molar-refractivity contribution in [2.45, 2.75) is 12.6 Å². The van der Waals surface area contributed by atoms with Crippen LogP contribution in [-0.4, -0.2) is 32.7 Å². The van der Waals surface area contributed by atoms with Gasteiger partial charge in [-0.25, -0.2) is 0 Å². The third-order valence-electron chi connectivity index (χ3n) is 2.48. The van der Waals surface area contributed by atoms with Crippen molar-refractivity contribution in [2.75, 3.05) is 32.1 Å². The Hall–Kier alpha value is -1.60. The highest BCUT2D eigenvalue weighted by Crippen LogP contribution is 2.29. The third kappa shape index (κ3) is 6.03. The SMILES string of the molecule is COCCCNCC(=O)Nc1ccc(C(F)(F)F)cc1. The lowest BCUT2D eigenvalue weighted by atomic mass is 10.2. The smallest absolute Gasteiger partial charge is 0.385 e. The highest BCUT2D eigenvalue weighted by molar-refractivity contribution is 5.92. The van der Waals surface area contributed by atoms with Crippen LogP contribution in [0.15, 0.2) is 24.3 Å². The molecule has 1 rings (SSSR count). The van der Waals surface area contributed by atoms with E-state index in [1.807, 2.05) is 0 Å². The van der Waals surface area contributed by atoms with E-state index in [0.717, 1.165) is 18.6 Å². The molecule has 0 radical (unpaired) electrons. The molecule has 4 nitrogen and oxygen atoms in total. The Kier molecular flexibility index (Phi) is 6.47. The van der Waals surface area contributed by atoms with Crippen LogP contribution in [0.5, 0.6) is 0 Å². The van der Waals surface area contributed by atoms with E-state index < -0.39 is 11.7 Å². The van der Waals surface area contributed by atoms with Crippen LogP contribution < -0.4 is 10.6 Å². The second-order valence-electron chi connectivity index (χ2n) is 4.15. The topological polar surface area (TPSA) is 50.4 Å². The Bertz CT molecular complexity index is 419. The Labute approximate surface area is 115 Å². The van der Waals surface area contributed by atoms with E-state index in [1.165, 1.54) is 12.1 Å². The van der Waals surface area contributed by atoms with E-state index in [1.54, 1.807) is 7.11 Å². The molecule has 1 aromatic rings. The fraction of sp³-hybridized carbons (Fsp3) is 0.462. The number of hydrogen-bond acceptors (Lipinski definition) is 3. The van der Waals surface area contributed by atoms with Gasteiger partial charge in [-0.15, -0.1) is 0 Å². The Morgan fingerprint density at radius 3 is 2.45 bits per heavy atom. The molecule has 0 aliphatic heterocycles. The van der Waals surface area contributed by atoms with Crippen molar-refractivity contribution in [3.05, 3.63) is 29.8 Å². The van der Waals surface area contributed by atoms with Crippen molar-refractivity contribution in [2.24, 2.45) is 0 Å². The van der Waals surface area contributed by atoms with Crippen LogP contribution in [0.25, 0.3) is 0 Å². The van der Waals surface area contributed by atoms with Crippen molar-refractivity contribution in [3.8, 4) is 0 Å². The molecule has 112 valence electrons. The maximum atomic E-state index is 12.3. The number of hydrogen-bond donors (Lipinski definition) is 2. The molecule has 0 spiro atoms. The predicted octanol–water partition coefficient (Wildman–Crippen LogP) is 2.27. The zero-order chi connectivity index (χ0) is 15.0. The summed E-state index contributed by atoms with van der Waals surface area (Å²) in [6.07, 6.45) is -3.59. The van der Waals surface area contributed by atoms with Crippen LogP contribution in [0, 0.1) is 0 Å². The molecule has 0 unspecified atom stereocenters. The quantitative estimate of drug-likeness (QED) is 0.757. The summed E-state index contributed by atoms with van der Waals surface area (Å²) in [5, 5.41) is 5.42. The summed E-state index contributed by atoms with van der Waals surface area (Å²) in [4.78, 5) is 11.5. The first-order chi connectivity index (χ1) is 9.43. The summed E-state index contributed by atoms with van der Waals surface area (Å²) in [5.74, 6) is -0.304. The first-order valence-corrected chi connectivity index (χ1v) is 6.10. The number of methoxy groups -OCH3 is 1. The number of carbonyl (C=O) groups excluding carboxylic acids is 1. The highest BCUT2D eigenvalue weighted by Gasteiger charge is 2.29. The largest absolute Gasteiger partial charge is 0.416 e. The summed E-state index contributed by atoms with van der Waals surface area (Å²) in [6, 6.07) is 4.32. The molecule has 7 heteroatoms. The van der Waals surface area contributed by atoms with E-state index in [0.29, 0.717) is 18.8 Å². The fourth-order valence-corrected chi connectivity index (χ4v) is 1.49. The summed E-state index contributed by atoms with van der Waals surface area (Å²) in [5.41, 5.74) is -0.408. The molecule has 20 heavy (non-hydrogen) atoms. The first kappa shape index (κ1) is 16.5. The average molecular weight is 290 g/mol. The van der Waals surface area contributed by atoms with Gasteiger partial charge in [0.1, 0.15) is 0 Å². The van der Waals surface area contributed by atoms with Crippen molar-refractivity contribution in [3.63, 3.8) is 0 Å². The van der Waals surface area contributed by atoms with E-state index in [9.17, 15) is 18.0 Å². The minimum atomic E-state index is -4.37. The maximum Gasteiger partial charge on any atom is 0.416 e. The second-order valence-corrected chi connectivity index (χ2v) is 4.15. The molecule has 0 heterocycles. The van der Waals surface area contributed by atoms with Crippen molar-refractivity contribution in [1.29, 1.82) is 0 Å². The van der Waals surface area contributed by atoms with E-state index >= 15 is 0 Å². The Morgan fingerprint density at radius 2 is 1.90 bits per heavy atom. The van der Waals surface area contributed by atoms with Gasteiger partial charge in [0.15, 0.2) is 0 Å². The van der Waals surface area contributed by atoms with E-state index in [-0.39, 0.29) is 12.5 Å². The zero-order valence-corrected chi connectivity index (χ0v) is 11.1. The molecule has 0 atom stereocenters. The number of alkyl halides is 3. The molecule has 0 saturated heterocycles. The van der Waals surface area contributed by atoms with Crippen molar-refractivity contribution < 1.29 is 22.7 Å². The second kappa shape index (κ2) is 7.86. The number of halogens is 3. The molecule has 0 fully saturated rings. The number of anilines is 1. The van der Waals surface area contributed by atoms with Crippen LogP contribution >= 0.6 is 0 Å². The number of nitrogens with one attached hydrogen (secondary N) is 2. The third-order valence-corrected chi connectivity index (χ3v) is 2.48. The fourth-order valence-electron chi connectivity index (χ4n) is 1.49.